The molecule has 0 spiro atoms. The van der Waals surface area contributed by atoms with Gasteiger partial charge in [-0.1, -0.05) is 0 Å². The van der Waals surface area contributed by atoms with Gasteiger partial charge in [-0.3, -0.25) is 4.79 Å². The van der Waals surface area contributed by atoms with Crippen LogP contribution in [0.4, 0.5) is 0 Å². The first-order chi connectivity index (χ1) is 6.61. The van der Waals surface area contributed by atoms with Gasteiger partial charge >= 0.3 is 5.97 Å². The molecule has 1 heterocycles. The van der Waals surface area contributed by atoms with E-state index in [1.807, 2.05) is 0 Å². The van der Waals surface area contributed by atoms with Crippen LogP contribution in [0.15, 0.2) is 0 Å². The number of hydrogen-bond donors (Lipinski definition) is 1. The van der Waals surface area contributed by atoms with Crippen LogP contribution in [0.5, 0.6) is 0 Å². The summed E-state index contributed by atoms with van der Waals surface area (Å²) in [5, 5.41) is 9.32. The third kappa shape index (κ3) is 3.61. The summed E-state index contributed by atoms with van der Waals surface area (Å²) in [4.78, 5) is 10.7. The SMILES string of the molecule is COC[C@@H]1C[C@H](OC(C)=O)C[C@H](O)O1. The number of aliphatic hydroxyl groups is 1. The van der Waals surface area contributed by atoms with E-state index in [2.05, 4.69) is 0 Å². The zero-order chi connectivity index (χ0) is 10.6. The lowest BCUT2D eigenvalue weighted by atomic mass is 10.1. The summed E-state index contributed by atoms with van der Waals surface area (Å²) in [5.41, 5.74) is 0. The second-order valence-electron chi connectivity index (χ2n) is 3.37. The second-order valence-corrected chi connectivity index (χ2v) is 3.37. The molecule has 82 valence electrons. The maximum absolute atomic E-state index is 10.7. The summed E-state index contributed by atoms with van der Waals surface area (Å²) in [6, 6.07) is 0. The molecule has 0 amide bonds. The monoisotopic (exact) mass is 204 g/mol. The van der Waals surface area contributed by atoms with Crippen LogP contribution in [0.1, 0.15) is 19.8 Å². The van der Waals surface area contributed by atoms with Crippen molar-refractivity contribution in [2.45, 2.75) is 38.3 Å². The van der Waals surface area contributed by atoms with Crippen molar-refractivity contribution < 1.29 is 24.1 Å². The molecular formula is C9H16O5. The average molecular weight is 204 g/mol. The Balaban J connectivity index is 2.41. The second kappa shape index (κ2) is 5.29. The number of carbonyl (C=O) groups excluding carboxylic acids is 1. The quantitative estimate of drug-likeness (QED) is 0.659. The Hall–Kier alpha value is -0.650. The topological polar surface area (TPSA) is 65.0 Å². The van der Waals surface area contributed by atoms with Crippen molar-refractivity contribution in [1.82, 2.24) is 0 Å². The molecule has 1 N–H and O–H groups in total. The lowest BCUT2D eigenvalue weighted by Crippen LogP contribution is -2.39. The Bertz CT molecular complexity index is 194. The number of ether oxygens (including phenoxy) is 3. The number of hydrogen-bond acceptors (Lipinski definition) is 5. The summed E-state index contributed by atoms with van der Waals surface area (Å²) < 4.78 is 15.1. The van der Waals surface area contributed by atoms with Crippen LogP contribution in [0, 0.1) is 0 Å². The minimum Gasteiger partial charge on any atom is -0.462 e. The largest absolute Gasteiger partial charge is 0.462 e. The normalized spacial score (nSPS) is 32.6. The van der Waals surface area contributed by atoms with Gasteiger partial charge in [0.25, 0.3) is 0 Å². The molecule has 0 unspecified atom stereocenters. The van der Waals surface area contributed by atoms with E-state index in [0.717, 1.165) is 0 Å². The van der Waals surface area contributed by atoms with Gasteiger partial charge in [0.2, 0.25) is 0 Å². The van der Waals surface area contributed by atoms with Crippen LogP contribution in [0.3, 0.4) is 0 Å². The Morgan fingerprint density at radius 2 is 2.29 bits per heavy atom. The van der Waals surface area contributed by atoms with Crippen molar-refractivity contribution in [1.29, 1.82) is 0 Å². The molecule has 0 aromatic heterocycles. The number of carbonyl (C=O) groups is 1. The van der Waals surface area contributed by atoms with Crippen LogP contribution < -0.4 is 0 Å². The average Bonchev–Trinajstić information content (AvgIpc) is 2.01. The van der Waals surface area contributed by atoms with E-state index in [0.29, 0.717) is 19.4 Å². The van der Waals surface area contributed by atoms with E-state index < -0.39 is 6.29 Å². The van der Waals surface area contributed by atoms with Crippen molar-refractivity contribution in [3.63, 3.8) is 0 Å². The third-order valence-corrected chi connectivity index (χ3v) is 2.03. The molecular weight excluding hydrogens is 188 g/mol. The van der Waals surface area contributed by atoms with Crippen LogP contribution in [-0.4, -0.2) is 43.3 Å². The lowest BCUT2D eigenvalue weighted by Gasteiger charge is -2.31. The highest BCUT2D eigenvalue weighted by Crippen LogP contribution is 2.21. The van der Waals surface area contributed by atoms with E-state index in [-0.39, 0.29) is 18.2 Å². The van der Waals surface area contributed by atoms with Crippen LogP contribution in [-0.2, 0) is 19.0 Å². The third-order valence-electron chi connectivity index (χ3n) is 2.03. The molecule has 3 atom stereocenters. The highest BCUT2D eigenvalue weighted by Gasteiger charge is 2.29. The molecule has 0 bridgehead atoms. The molecule has 14 heavy (non-hydrogen) atoms. The van der Waals surface area contributed by atoms with Gasteiger partial charge in [-0.15, -0.1) is 0 Å². The van der Waals surface area contributed by atoms with Crippen molar-refractivity contribution in [3.05, 3.63) is 0 Å². The van der Waals surface area contributed by atoms with Gasteiger partial charge in [0.15, 0.2) is 6.29 Å². The number of esters is 1. The summed E-state index contributed by atoms with van der Waals surface area (Å²) in [7, 11) is 1.56. The highest BCUT2D eigenvalue weighted by atomic mass is 16.6. The van der Waals surface area contributed by atoms with E-state index in [9.17, 15) is 9.90 Å². The molecule has 1 saturated heterocycles. The molecule has 1 fully saturated rings. The maximum Gasteiger partial charge on any atom is 0.302 e. The fraction of sp³-hybridized carbons (Fsp3) is 0.889. The summed E-state index contributed by atoms with van der Waals surface area (Å²) in [5.74, 6) is -0.333. The number of aliphatic hydroxyl groups excluding tert-OH is 1. The Morgan fingerprint density at radius 1 is 1.57 bits per heavy atom. The van der Waals surface area contributed by atoms with Crippen molar-refractivity contribution in [2.24, 2.45) is 0 Å². The minimum atomic E-state index is -0.867. The van der Waals surface area contributed by atoms with Crippen LogP contribution >= 0.6 is 0 Å². The Morgan fingerprint density at radius 3 is 2.86 bits per heavy atom. The lowest BCUT2D eigenvalue weighted by molar-refractivity contribution is -0.207. The summed E-state index contributed by atoms with van der Waals surface area (Å²) >= 11 is 0. The van der Waals surface area contributed by atoms with Crippen LogP contribution in [0.2, 0.25) is 0 Å². The molecule has 0 aromatic carbocycles. The Kier molecular flexibility index (Phi) is 4.31. The van der Waals surface area contributed by atoms with Crippen LogP contribution in [0.25, 0.3) is 0 Å². The molecule has 1 rings (SSSR count). The Labute approximate surface area is 82.9 Å². The zero-order valence-electron chi connectivity index (χ0n) is 8.43. The van der Waals surface area contributed by atoms with E-state index in [1.165, 1.54) is 6.92 Å². The smallest absolute Gasteiger partial charge is 0.302 e. The molecule has 0 saturated carbocycles. The van der Waals surface area contributed by atoms with Gasteiger partial charge in [0.05, 0.1) is 12.7 Å². The highest BCUT2D eigenvalue weighted by molar-refractivity contribution is 5.66. The molecule has 0 aromatic rings. The van der Waals surface area contributed by atoms with E-state index in [1.54, 1.807) is 7.11 Å². The van der Waals surface area contributed by atoms with Gasteiger partial charge in [-0.2, -0.15) is 0 Å². The molecule has 5 nitrogen and oxygen atoms in total. The predicted molar refractivity (Wildman–Crippen MR) is 47.5 cm³/mol. The summed E-state index contributed by atoms with van der Waals surface area (Å²) in [6.07, 6.45) is -0.428. The van der Waals surface area contributed by atoms with Gasteiger partial charge in [0, 0.05) is 26.9 Å². The zero-order valence-corrected chi connectivity index (χ0v) is 8.43. The van der Waals surface area contributed by atoms with Gasteiger partial charge in [-0.25, -0.2) is 0 Å². The maximum atomic E-state index is 10.7. The fourth-order valence-electron chi connectivity index (χ4n) is 1.57. The number of rotatable bonds is 3. The minimum absolute atomic E-state index is 0.201. The first-order valence-corrected chi connectivity index (χ1v) is 4.61. The molecule has 1 aliphatic rings. The summed E-state index contributed by atoms with van der Waals surface area (Å²) in [6.45, 7) is 1.75. The molecule has 0 radical (unpaired) electrons. The van der Waals surface area contributed by atoms with Gasteiger partial charge in [-0.05, 0) is 0 Å². The fourth-order valence-corrected chi connectivity index (χ4v) is 1.57. The standard InChI is InChI=1S/C9H16O5/c1-6(10)13-7-3-8(5-12-2)14-9(11)4-7/h7-9,11H,3-5H2,1-2H3/t7-,8-,9+/m0/s1. The first kappa shape index (κ1) is 11.4. The van der Waals surface area contributed by atoms with Crippen molar-refractivity contribution in [2.75, 3.05) is 13.7 Å². The van der Waals surface area contributed by atoms with E-state index in [4.69, 9.17) is 14.2 Å². The van der Waals surface area contributed by atoms with Crippen molar-refractivity contribution in [3.8, 4) is 0 Å². The molecule has 1 aliphatic heterocycles. The van der Waals surface area contributed by atoms with E-state index >= 15 is 0 Å². The van der Waals surface area contributed by atoms with Gasteiger partial charge < -0.3 is 19.3 Å². The first-order valence-electron chi connectivity index (χ1n) is 4.61. The van der Waals surface area contributed by atoms with Gasteiger partial charge in [0.1, 0.15) is 6.10 Å². The molecule has 0 aliphatic carbocycles. The predicted octanol–water partition coefficient (Wildman–Crippen LogP) is 0.0619. The molecule has 5 heteroatoms. The van der Waals surface area contributed by atoms with Crippen molar-refractivity contribution >= 4 is 5.97 Å². The number of methoxy groups -OCH3 is 1.